The molecule has 8 nitrogen and oxygen atoms in total. The number of hydrogen-bond donors (Lipinski definition) is 1. The van der Waals surface area contributed by atoms with Crippen molar-refractivity contribution in [1.29, 1.82) is 0 Å². The predicted octanol–water partition coefficient (Wildman–Crippen LogP) is 3.14. The molecule has 4 heterocycles. The second kappa shape index (κ2) is 7.22. The molecule has 0 radical (unpaired) electrons. The summed E-state index contributed by atoms with van der Waals surface area (Å²) in [5, 5.41) is 7.96. The zero-order chi connectivity index (χ0) is 19.7. The van der Waals surface area contributed by atoms with Crippen LogP contribution in [0, 0.1) is 5.92 Å². The first-order chi connectivity index (χ1) is 13.5. The Morgan fingerprint density at radius 2 is 2.00 bits per heavy atom. The van der Waals surface area contributed by atoms with Crippen molar-refractivity contribution in [3.63, 3.8) is 0 Å². The number of carbonyl (C=O) groups excluding carboxylic acids is 1. The molecule has 0 fully saturated rings. The largest absolute Gasteiger partial charge is 0.334 e. The van der Waals surface area contributed by atoms with Gasteiger partial charge in [0.1, 0.15) is 5.82 Å². The van der Waals surface area contributed by atoms with Gasteiger partial charge in [0.15, 0.2) is 0 Å². The highest BCUT2D eigenvalue weighted by Crippen LogP contribution is 2.23. The van der Waals surface area contributed by atoms with Crippen LogP contribution in [0.1, 0.15) is 24.2 Å². The van der Waals surface area contributed by atoms with Crippen LogP contribution in [-0.2, 0) is 13.6 Å². The van der Waals surface area contributed by atoms with Gasteiger partial charge in [0, 0.05) is 36.9 Å². The van der Waals surface area contributed by atoms with Crippen LogP contribution in [-0.4, -0.2) is 35.2 Å². The molecule has 142 valence electrons. The van der Waals surface area contributed by atoms with Gasteiger partial charge in [-0.25, -0.2) is 9.97 Å². The number of fused-ring (bicyclic) bond motifs is 1. The minimum absolute atomic E-state index is 0.238. The number of nitrogens with one attached hydrogen (secondary N) is 1. The summed E-state index contributed by atoms with van der Waals surface area (Å²) in [5.74, 6) is 0.690. The van der Waals surface area contributed by atoms with Gasteiger partial charge < -0.3 is 9.88 Å². The third-order valence-corrected chi connectivity index (χ3v) is 4.37. The highest BCUT2D eigenvalue weighted by atomic mass is 16.1. The molecule has 0 saturated heterocycles. The summed E-state index contributed by atoms with van der Waals surface area (Å²) in [7, 11) is 1.93. The Hall–Kier alpha value is -3.55. The molecular formula is C20H21N7O. The van der Waals surface area contributed by atoms with Crippen molar-refractivity contribution < 1.29 is 4.79 Å². The highest BCUT2D eigenvalue weighted by Gasteiger charge is 2.11. The second-order valence-electron chi connectivity index (χ2n) is 7.18. The Morgan fingerprint density at radius 3 is 2.75 bits per heavy atom. The first-order valence-electron chi connectivity index (χ1n) is 9.06. The number of pyridine rings is 2. The molecule has 0 aliphatic rings. The van der Waals surface area contributed by atoms with E-state index < -0.39 is 0 Å². The summed E-state index contributed by atoms with van der Waals surface area (Å²) in [4.78, 5) is 25.4. The minimum Gasteiger partial charge on any atom is -0.334 e. The molecule has 8 heteroatoms. The van der Waals surface area contributed by atoms with E-state index in [0.29, 0.717) is 17.3 Å². The van der Waals surface area contributed by atoms with E-state index in [-0.39, 0.29) is 5.91 Å². The number of aryl methyl sites for hydroxylation is 1. The molecule has 4 aromatic heterocycles. The van der Waals surface area contributed by atoms with Gasteiger partial charge in [-0.3, -0.25) is 14.5 Å². The van der Waals surface area contributed by atoms with Crippen molar-refractivity contribution in [3.05, 3.63) is 55.0 Å². The fourth-order valence-electron chi connectivity index (χ4n) is 3.02. The van der Waals surface area contributed by atoms with E-state index in [1.165, 1.54) is 0 Å². The zero-order valence-electron chi connectivity index (χ0n) is 16.0. The van der Waals surface area contributed by atoms with E-state index in [0.717, 1.165) is 28.7 Å². The van der Waals surface area contributed by atoms with Gasteiger partial charge in [-0.05, 0) is 18.1 Å². The van der Waals surface area contributed by atoms with E-state index in [9.17, 15) is 4.79 Å². The Kier molecular flexibility index (Phi) is 4.60. The molecule has 1 N–H and O–H groups in total. The van der Waals surface area contributed by atoms with Crippen LogP contribution >= 0.6 is 0 Å². The number of imidazole rings is 1. The van der Waals surface area contributed by atoms with Crippen molar-refractivity contribution in [2.45, 2.75) is 20.4 Å². The topological polar surface area (TPSA) is 90.5 Å². The molecule has 1 amide bonds. The quantitative estimate of drug-likeness (QED) is 0.579. The maximum Gasteiger partial charge on any atom is 0.260 e. The Morgan fingerprint density at radius 1 is 1.14 bits per heavy atom. The van der Waals surface area contributed by atoms with Gasteiger partial charge in [-0.15, -0.1) is 0 Å². The van der Waals surface area contributed by atoms with E-state index >= 15 is 0 Å². The number of rotatable bonds is 5. The highest BCUT2D eigenvalue weighted by molar-refractivity contribution is 6.04. The van der Waals surface area contributed by atoms with Gasteiger partial charge in [0.2, 0.25) is 0 Å². The van der Waals surface area contributed by atoms with Crippen molar-refractivity contribution in [2.24, 2.45) is 13.0 Å². The first-order valence-corrected chi connectivity index (χ1v) is 9.06. The third-order valence-electron chi connectivity index (χ3n) is 4.37. The lowest BCUT2D eigenvalue weighted by molar-refractivity contribution is 0.102. The van der Waals surface area contributed by atoms with Gasteiger partial charge in [0.25, 0.3) is 5.91 Å². The number of nitrogens with zero attached hydrogens (tertiary/aromatic N) is 6. The molecule has 0 aliphatic heterocycles. The first kappa shape index (κ1) is 17.8. The number of anilines is 1. The SMILES string of the molecule is CC(C)Cn1cc(C(=O)Nc2cc3cc(-c4cncn4C)cnc3cn2)cn1. The fourth-order valence-corrected chi connectivity index (χ4v) is 3.02. The maximum atomic E-state index is 12.5. The normalized spacial score (nSPS) is 11.3. The predicted molar refractivity (Wildman–Crippen MR) is 107 cm³/mol. The Balaban J connectivity index is 1.57. The van der Waals surface area contributed by atoms with Crippen molar-refractivity contribution in [3.8, 4) is 11.3 Å². The molecule has 0 bridgehead atoms. The third kappa shape index (κ3) is 3.62. The lowest BCUT2D eigenvalue weighted by Crippen LogP contribution is -2.12. The molecule has 4 aromatic rings. The van der Waals surface area contributed by atoms with Crippen LogP contribution in [0.5, 0.6) is 0 Å². The average molecular weight is 375 g/mol. The maximum absolute atomic E-state index is 12.5. The summed E-state index contributed by atoms with van der Waals surface area (Å²) in [6, 6.07) is 3.83. The van der Waals surface area contributed by atoms with Gasteiger partial charge in [0.05, 0.1) is 41.7 Å². The molecule has 0 spiro atoms. The molecule has 4 rings (SSSR count). The van der Waals surface area contributed by atoms with Crippen molar-refractivity contribution in [1.82, 2.24) is 29.3 Å². The summed E-state index contributed by atoms with van der Waals surface area (Å²) in [6.45, 7) is 4.98. The molecule has 0 unspecified atom stereocenters. The second-order valence-corrected chi connectivity index (χ2v) is 7.18. The van der Waals surface area contributed by atoms with E-state index in [2.05, 4.69) is 39.2 Å². The number of amides is 1. The van der Waals surface area contributed by atoms with Crippen LogP contribution in [0.25, 0.3) is 22.2 Å². The summed E-state index contributed by atoms with van der Waals surface area (Å²) in [6.07, 6.45) is 10.3. The van der Waals surface area contributed by atoms with E-state index in [1.807, 2.05) is 23.7 Å². The van der Waals surface area contributed by atoms with Crippen LogP contribution in [0.3, 0.4) is 0 Å². The van der Waals surface area contributed by atoms with Crippen LogP contribution in [0.15, 0.2) is 49.4 Å². The summed E-state index contributed by atoms with van der Waals surface area (Å²) >= 11 is 0. The standard InChI is InChI=1S/C20H21N7O/c1-13(2)10-27-11-16(7-24-27)20(28)25-19-5-14-4-15(6-22-17(14)8-23-19)18-9-21-12-26(18)3/h4-9,11-13H,10H2,1-3H3,(H,23,25,28). The molecule has 0 aromatic carbocycles. The zero-order valence-corrected chi connectivity index (χ0v) is 16.0. The fraction of sp³-hybridized carbons (Fsp3) is 0.250. The van der Waals surface area contributed by atoms with Gasteiger partial charge >= 0.3 is 0 Å². The Bertz CT molecular complexity index is 1140. The lowest BCUT2D eigenvalue weighted by Gasteiger charge is -2.07. The van der Waals surface area contributed by atoms with Crippen molar-refractivity contribution >= 4 is 22.6 Å². The van der Waals surface area contributed by atoms with Crippen LogP contribution < -0.4 is 5.32 Å². The summed E-state index contributed by atoms with van der Waals surface area (Å²) in [5.41, 5.74) is 3.18. The lowest BCUT2D eigenvalue weighted by atomic mass is 10.1. The van der Waals surface area contributed by atoms with Gasteiger partial charge in [-0.1, -0.05) is 13.8 Å². The number of carbonyl (C=O) groups is 1. The van der Waals surface area contributed by atoms with E-state index in [4.69, 9.17) is 0 Å². The minimum atomic E-state index is -0.238. The van der Waals surface area contributed by atoms with Crippen LogP contribution in [0.4, 0.5) is 5.82 Å². The molecule has 0 saturated carbocycles. The van der Waals surface area contributed by atoms with Crippen molar-refractivity contribution in [2.75, 3.05) is 5.32 Å². The average Bonchev–Trinajstić information content (AvgIpc) is 3.29. The molecular weight excluding hydrogens is 354 g/mol. The van der Waals surface area contributed by atoms with E-state index in [1.54, 1.807) is 42.0 Å². The monoisotopic (exact) mass is 375 g/mol. The Labute approximate surface area is 162 Å². The molecule has 0 atom stereocenters. The molecule has 0 aliphatic carbocycles. The smallest absolute Gasteiger partial charge is 0.260 e. The summed E-state index contributed by atoms with van der Waals surface area (Å²) < 4.78 is 3.71. The van der Waals surface area contributed by atoms with Crippen LogP contribution in [0.2, 0.25) is 0 Å². The number of hydrogen-bond acceptors (Lipinski definition) is 5. The molecule has 28 heavy (non-hydrogen) atoms. The van der Waals surface area contributed by atoms with Gasteiger partial charge in [-0.2, -0.15) is 5.10 Å². The number of aromatic nitrogens is 6.